The first-order valence-electron chi connectivity index (χ1n) is 39.4. The quantitative estimate of drug-likeness (QED) is 0.0195. The molecule has 0 aliphatic rings. The van der Waals surface area contributed by atoms with Crippen LogP contribution in [0.2, 0.25) is 0 Å². The normalized spacial score (nSPS) is 12.9. The number of allylic oxidation sites excluding steroid dienone is 10. The van der Waals surface area contributed by atoms with Gasteiger partial charge in [-0.25, -0.2) is 0 Å². The van der Waals surface area contributed by atoms with Crippen LogP contribution in [-0.4, -0.2) is 82.3 Å². The lowest BCUT2D eigenvalue weighted by atomic mass is 10.0. The van der Waals surface area contributed by atoms with Crippen molar-refractivity contribution in [3.05, 3.63) is 60.8 Å². The Morgan fingerprint density at radius 1 is 0.330 bits per heavy atom. The number of unbranched alkanes of at least 4 members (excludes halogenated alkanes) is 49. The van der Waals surface area contributed by atoms with E-state index in [1.54, 1.807) is 0 Å². The summed E-state index contributed by atoms with van der Waals surface area (Å²) in [5, 5.41) is 11.9. The van der Waals surface area contributed by atoms with Gasteiger partial charge >= 0.3 is 11.9 Å². The molecular weight excluding hydrogens is 1130 g/mol. The smallest absolute Gasteiger partial charge is 0.306 e. The third-order valence-electron chi connectivity index (χ3n) is 17.7. The van der Waals surface area contributed by atoms with Gasteiger partial charge in [-0.05, 0) is 83.5 Å². The number of carbonyl (C=O) groups is 3. The van der Waals surface area contributed by atoms with Crippen LogP contribution in [-0.2, 0) is 33.3 Å². The number of carboxylic acids is 1. The van der Waals surface area contributed by atoms with Crippen LogP contribution in [0.25, 0.3) is 0 Å². The van der Waals surface area contributed by atoms with Crippen molar-refractivity contribution < 1.29 is 42.9 Å². The summed E-state index contributed by atoms with van der Waals surface area (Å²) in [4.78, 5) is 37.6. The third kappa shape index (κ3) is 74.3. The molecule has 0 N–H and O–H groups in total. The molecule has 0 radical (unpaired) electrons. The van der Waals surface area contributed by atoms with Crippen molar-refractivity contribution in [2.45, 2.75) is 399 Å². The van der Waals surface area contributed by atoms with E-state index in [1.807, 2.05) is 21.1 Å². The molecule has 0 amide bonds. The van der Waals surface area contributed by atoms with E-state index in [0.717, 1.165) is 51.4 Å². The summed E-state index contributed by atoms with van der Waals surface area (Å²) >= 11 is 0. The number of quaternary nitrogens is 1. The number of esters is 2. The Balaban J connectivity index is 4.00. The van der Waals surface area contributed by atoms with Gasteiger partial charge in [-0.2, -0.15) is 0 Å². The summed E-state index contributed by atoms with van der Waals surface area (Å²) in [5.74, 6) is -2.26. The zero-order chi connectivity index (χ0) is 66.1. The Bertz CT molecular complexity index is 1680. The van der Waals surface area contributed by atoms with Crippen molar-refractivity contribution in [3.8, 4) is 0 Å². The average Bonchev–Trinajstić information content (AvgIpc) is 3.65. The van der Waals surface area contributed by atoms with Gasteiger partial charge in [0.05, 0.1) is 40.3 Å². The highest BCUT2D eigenvalue weighted by molar-refractivity contribution is 5.70. The van der Waals surface area contributed by atoms with E-state index in [9.17, 15) is 19.5 Å². The van der Waals surface area contributed by atoms with Crippen molar-refractivity contribution >= 4 is 17.9 Å². The minimum atomic E-state index is -1.62. The van der Waals surface area contributed by atoms with Gasteiger partial charge in [-0.15, -0.1) is 0 Å². The predicted molar refractivity (Wildman–Crippen MR) is 389 cm³/mol. The van der Waals surface area contributed by atoms with Gasteiger partial charge in [0.25, 0.3) is 0 Å². The molecule has 0 aromatic carbocycles. The average molecular weight is 1280 g/mol. The first-order chi connectivity index (χ1) is 44.6. The molecule has 0 saturated heterocycles. The highest BCUT2D eigenvalue weighted by atomic mass is 16.7. The van der Waals surface area contributed by atoms with E-state index in [0.29, 0.717) is 23.9 Å². The molecule has 0 heterocycles. The van der Waals surface area contributed by atoms with Gasteiger partial charge in [-0.3, -0.25) is 9.59 Å². The molecule has 0 spiro atoms. The van der Waals surface area contributed by atoms with Gasteiger partial charge in [0.2, 0.25) is 0 Å². The number of carboxylic acid groups (broad SMARTS) is 1. The minimum absolute atomic E-state index is 0.149. The van der Waals surface area contributed by atoms with Gasteiger partial charge in [0.1, 0.15) is 13.2 Å². The van der Waals surface area contributed by atoms with Crippen LogP contribution in [0, 0.1) is 0 Å². The maximum atomic E-state index is 13.0. The molecule has 0 aromatic rings. The number of carbonyl (C=O) groups excluding carboxylic acids is 3. The highest BCUT2D eigenvalue weighted by Crippen LogP contribution is 2.19. The summed E-state index contributed by atoms with van der Waals surface area (Å²) in [7, 11) is 5.95. The van der Waals surface area contributed by atoms with E-state index in [1.165, 1.54) is 302 Å². The molecule has 9 nitrogen and oxygen atoms in total. The summed E-state index contributed by atoms with van der Waals surface area (Å²) in [6.07, 6.45) is 93.4. The Labute approximate surface area is 565 Å². The summed E-state index contributed by atoms with van der Waals surface area (Å²) in [6.45, 7) is 4.79. The number of aliphatic carboxylic acids is 1. The van der Waals surface area contributed by atoms with E-state index >= 15 is 0 Å². The van der Waals surface area contributed by atoms with Gasteiger partial charge in [0.15, 0.2) is 12.4 Å². The first-order valence-corrected chi connectivity index (χ1v) is 39.4. The van der Waals surface area contributed by atoms with E-state index < -0.39 is 24.3 Å². The Kier molecular flexibility index (Phi) is 70.4. The molecule has 0 fully saturated rings. The molecule has 0 aliphatic carbocycles. The second-order valence-electron chi connectivity index (χ2n) is 28.0. The van der Waals surface area contributed by atoms with Crippen molar-refractivity contribution in [3.63, 3.8) is 0 Å². The molecule has 532 valence electrons. The Morgan fingerprint density at radius 3 is 0.879 bits per heavy atom. The van der Waals surface area contributed by atoms with Gasteiger partial charge in [-0.1, -0.05) is 351 Å². The van der Waals surface area contributed by atoms with Gasteiger partial charge in [0, 0.05) is 12.8 Å². The van der Waals surface area contributed by atoms with Crippen LogP contribution in [0.3, 0.4) is 0 Å². The number of hydrogen-bond acceptors (Lipinski definition) is 8. The molecule has 9 heteroatoms. The highest BCUT2D eigenvalue weighted by Gasteiger charge is 2.22. The summed E-state index contributed by atoms with van der Waals surface area (Å²) in [6, 6.07) is 0. The van der Waals surface area contributed by atoms with Crippen molar-refractivity contribution in [2.75, 3.05) is 47.5 Å². The second kappa shape index (κ2) is 72.8. The molecule has 0 aliphatic heterocycles. The predicted octanol–water partition coefficient (Wildman–Crippen LogP) is 23.7. The first kappa shape index (κ1) is 88.0. The second-order valence-corrected chi connectivity index (χ2v) is 28.0. The standard InChI is InChI=1S/C82H151NO8/c1-6-8-10-12-14-16-18-20-22-24-26-28-30-32-34-36-38-39-40-41-43-44-46-48-50-52-54-56-58-60-62-64-66-68-70-72-79(84)89-76-78(77-90-82(81(86)87)88-75-74-83(3,4)5)91-80(85)73-71-69-67-65-63-61-59-57-55-53-51-49-47-45-42-37-35-33-31-29-27-25-23-21-19-17-15-13-11-9-7-2/h18-21,24-27,31,33,78,82H,6-17,22-23,28-30,32,34-77H2,1-5H3/b20-18-,21-19-,26-24-,27-25-,33-31-. The topological polar surface area (TPSA) is 111 Å². The van der Waals surface area contributed by atoms with Crippen LogP contribution in [0.1, 0.15) is 386 Å². The number of hydrogen-bond donors (Lipinski definition) is 0. The Hall–Kier alpha value is -3.01. The number of likely N-dealkylation sites (N-methyl/N-ethyl adjacent to an activating group) is 1. The van der Waals surface area contributed by atoms with Crippen molar-refractivity contribution in [1.29, 1.82) is 0 Å². The van der Waals surface area contributed by atoms with E-state index in [4.69, 9.17) is 18.9 Å². The fourth-order valence-corrected chi connectivity index (χ4v) is 11.7. The fourth-order valence-electron chi connectivity index (χ4n) is 11.7. The number of ether oxygens (including phenoxy) is 4. The lowest BCUT2D eigenvalue weighted by Gasteiger charge is -2.26. The molecule has 0 bridgehead atoms. The molecule has 0 rings (SSSR count). The van der Waals surface area contributed by atoms with Crippen LogP contribution in [0.5, 0.6) is 0 Å². The van der Waals surface area contributed by atoms with E-state index in [2.05, 4.69) is 74.6 Å². The van der Waals surface area contributed by atoms with Crippen LogP contribution >= 0.6 is 0 Å². The third-order valence-corrected chi connectivity index (χ3v) is 17.7. The number of nitrogens with zero attached hydrogens (tertiary/aromatic N) is 1. The molecule has 0 saturated carbocycles. The molecule has 91 heavy (non-hydrogen) atoms. The Morgan fingerprint density at radius 2 is 0.593 bits per heavy atom. The zero-order valence-corrected chi connectivity index (χ0v) is 61.0. The maximum Gasteiger partial charge on any atom is 0.306 e. The van der Waals surface area contributed by atoms with Crippen LogP contribution < -0.4 is 5.11 Å². The van der Waals surface area contributed by atoms with Gasteiger partial charge < -0.3 is 33.3 Å². The largest absolute Gasteiger partial charge is 0.545 e. The summed E-state index contributed by atoms with van der Waals surface area (Å²) in [5.41, 5.74) is 0. The van der Waals surface area contributed by atoms with Crippen LogP contribution in [0.15, 0.2) is 60.8 Å². The van der Waals surface area contributed by atoms with Crippen molar-refractivity contribution in [2.24, 2.45) is 0 Å². The van der Waals surface area contributed by atoms with Crippen LogP contribution in [0.4, 0.5) is 0 Å². The monoisotopic (exact) mass is 1280 g/mol. The van der Waals surface area contributed by atoms with E-state index in [-0.39, 0.29) is 32.2 Å². The number of rotatable bonds is 74. The maximum absolute atomic E-state index is 13.0. The molecule has 2 atom stereocenters. The van der Waals surface area contributed by atoms with Crippen molar-refractivity contribution in [1.82, 2.24) is 0 Å². The zero-order valence-electron chi connectivity index (χ0n) is 61.0. The molecule has 0 aromatic heterocycles. The SMILES string of the molecule is CCCCCCC/C=C\C/C=C\C/C=C\CCCCCCCCCCCCCCCCCCC(=O)OC(COC(=O)CCCCCCCCCCCCCCCCCCCCCCCCC/C=C\C/C=C\CCCCCCC)COC(OCC[N+](C)(C)C)C(=O)[O-]. The molecular formula is C82H151NO8. The molecule has 2 unspecified atom stereocenters. The minimum Gasteiger partial charge on any atom is -0.545 e. The fraction of sp³-hybridized carbons (Fsp3) is 0.841. The lowest BCUT2D eigenvalue weighted by molar-refractivity contribution is -0.870. The lowest BCUT2D eigenvalue weighted by Crippen LogP contribution is -2.44. The summed E-state index contributed by atoms with van der Waals surface area (Å²) < 4.78 is 22.9.